The average molecular weight is 261 g/mol. The minimum absolute atomic E-state index is 0.448. The average Bonchev–Trinajstić information content (AvgIpc) is 2.47. The van der Waals surface area contributed by atoms with Crippen molar-refractivity contribution in [2.75, 3.05) is 31.9 Å². The van der Waals surface area contributed by atoms with Crippen molar-refractivity contribution < 1.29 is 5.11 Å². The molecule has 19 heavy (non-hydrogen) atoms. The van der Waals surface area contributed by atoms with Gasteiger partial charge in [0.25, 0.3) is 0 Å². The summed E-state index contributed by atoms with van der Waals surface area (Å²) in [6, 6.07) is 8.03. The molecule has 0 spiro atoms. The topological polar surface area (TPSA) is 61.5 Å². The second-order valence-corrected chi connectivity index (χ2v) is 5.84. The van der Waals surface area contributed by atoms with E-state index < -0.39 is 6.10 Å². The van der Waals surface area contributed by atoms with Gasteiger partial charge < -0.3 is 21.1 Å². The van der Waals surface area contributed by atoms with Gasteiger partial charge >= 0.3 is 0 Å². The monoisotopic (exact) mass is 261 g/mol. The number of rotatable bonds is 4. The maximum Gasteiger partial charge on any atom is 0.0914 e. The van der Waals surface area contributed by atoms with Crippen molar-refractivity contribution in [3.05, 3.63) is 29.8 Å². The Morgan fingerprint density at radius 2 is 1.95 bits per heavy atom. The van der Waals surface area contributed by atoms with Crippen LogP contribution in [0.15, 0.2) is 24.3 Å². The van der Waals surface area contributed by atoms with Crippen LogP contribution in [0.4, 0.5) is 5.69 Å². The van der Waals surface area contributed by atoms with Crippen LogP contribution in [-0.2, 0) is 0 Å². The quantitative estimate of drug-likeness (QED) is 0.707. The van der Waals surface area contributed by atoms with Crippen molar-refractivity contribution in [3.8, 4) is 0 Å². The highest BCUT2D eigenvalue weighted by Gasteiger charge is 2.33. The van der Waals surface area contributed by atoms with Gasteiger partial charge in [0.15, 0.2) is 0 Å². The van der Waals surface area contributed by atoms with E-state index in [1.54, 1.807) is 0 Å². The number of nitrogens with zero attached hydrogens (tertiary/aromatic N) is 1. The number of nitrogens with two attached hydrogens (primary N) is 1. The fourth-order valence-electron chi connectivity index (χ4n) is 3.30. The number of anilines is 1. The maximum absolute atomic E-state index is 10.2. The van der Waals surface area contributed by atoms with Crippen LogP contribution in [0, 0.1) is 5.92 Å². The minimum atomic E-state index is -0.448. The molecule has 4 N–H and O–H groups in total. The van der Waals surface area contributed by atoms with E-state index in [2.05, 4.69) is 10.2 Å². The van der Waals surface area contributed by atoms with E-state index in [4.69, 9.17) is 5.73 Å². The van der Waals surface area contributed by atoms with Gasteiger partial charge in [-0.3, -0.25) is 0 Å². The SMILES string of the molecule is Nc1ccc([C@@H](O)CN[C@H]2CN3CCC2CC3)cc1. The van der Waals surface area contributed by atoms with Crippen molar-refractivity contribution in [1.29, 1.82) is 0 Å². The molecule has 3 saturated heterocycles. The maximum atomic E-state index is 10.2. The number of piperidine rings is 3. The van der Waals surface area contributed by atoms with Crippen molar-refractivity contribution in [2.45, 2.75) is 25.0 Å². The summed E-state index contributed by atoms with van der Waals surface area (Å²) < 4.78 is 0. The van der Waals surface area contributed by atoms with Crippen LogP contribution < -0.4 is 11.1 Å². The number of aliphatic hydroxyl groups is 1. The van der Waals surface area contributed by atoms with Crippen LogP contribution in [0.25, 0.3) is 0 Å². The lowest BCUT2D eigenvalue weighted by atomic mass is 9.84. The summed E-state index contributed by atoms with van der Waals surface area (Å²) in [5.41, 5.74) is 7.33. The molecular weight excluding hydrogens is 238 g/mol. The highest BCUT2D eigenvalue weighted by Crippen LogP contribution is 2.27. The number of aliphatic hydroxyl groups excluding tert-OH is 1. The summed E-state index contributed by atoms with van der Waals surface area (Å²) in [6.45, 7) is 4.27. The Kier molecular flexibility index (Phi) is 3.73. The zero-order chi connectivity index (χ0) is 13.2. The first-order valence-corrected chi connectivity index (χ1v) is 7.21. The van der Waals surface area contributed by atoms with E-state index in [-0.39, 0.29) is 0 Å². The summed E-state index contributed by atoms with van der Waals surface area (Å²) in [6.07, 6.45) is 2.15. The molecule has 0 unspecified atom stereocenters. The van der Waals surface area contributed by atoms with Gasteiger partial charge in [-0.15, -0.1) is 0 Å². The van der Waals surface area contributed by atoms with Gasteiger partial charge in [-0.2, -0.15) is 0 Å². The van der Waals surface area contributed by atoms with Gasteiger partial charge in [-0.05, 0) is 49.5 Å². The molecule has 3 heterocycles. The van der Waals surface area contributed by atoms with Crippen LogP contribution in [0.3, 0.4) is 0 Å². The van der Waals surface area contributed by atoms with E-state index in [9.17, 15) is 5.11 Å². The first-order chi connectivity index (χ1) is 9.22. The molecule has 3 aliphatic heterocycles. The van der Waals surface area contributed by atoms with Gasteiger partial charge in [-0.1, -0.05) is 12.1 Å². The molecule has 4 heteroatoms. The van der Waals surface area contributed by atoms with Crippen LogP contribution in [0.5, 0.6) is 0 Å². The predicted molar refractivity (Wildman–Crippen MR) is 76.8 cm³/mol. The molecule has 4 rings (SSSR count). The van der Waals surface area contributed by atoms with Crippen molar-refractivity contribution >= 4 is 5.69 Å². The van der Waals surface area contributed by atoms with Crippen LogP contribution in [0.1, 0.15) is 24.5 Å². The Morgan fingerprint density at radius 3 is 2.53 bits per heavy atom. The lowest BCUT2D eigenvalue weighted by molar-refractivity contribution is 0.0635. The number of hydrogen-bond donors (Lipinski definition) is 3. The van der Waals surface area contributed by atoms with Gasteiger partial charge in [0, 0.05) is 24.8 Å². The molecule has 4 nitrogen and oxygen atoms in total. The molecule has 2 bridgehead atoms. The van der Waals surface area contributed by atoms with Gasteiger partial charge in [0.2, 0.25) is 0 Å². The normalized spacial score (nSPS) is 31.3. The number of nitrogens with one attached hydrogen (secondary N) is 1. The number of benzene rings is 1. The summed E-state index contributed by atoms with van der Waals surface area (Å²) in [4.78, 5) is 2.52. The molecule has 1 aromatic carbocycles. The fourth-order valence-corrected chi connectivity index (χ4v) is 3.30. The Balaban J connectivity index is 1.53. The highest BCUT2D eigenvalue weighted by atomic mass is 16.3. The largest absolute Gasteiger partial charge is 0.399 e. The zero-order valence-corrected chi connectivity index (χ0v) is 11.3. The van der Waals surface area contributed by atoms with Gasteiger partial charge in [-0.25, -0.2) is 0 Å². The molecule has 0 aliphatic carbocycles. The van der Waals surface area contributed by atoms with Crippen LogP contribution >= 0.6 is 0 Å². The van der Waals surface area contributed by atoms with Crippen molar-refractivity contribution in [1.82, 2.24) is 10.2 Å². The Labute approximate surface area is 114 Å². The van der Waals surface area contributed by atoms with Crippen molar-refractivity contribution in [3.63, 3.8) is 0 Å². The molecular formula is C15H23N3O. The third kappa shape index (κ3) is 2.91. The fraction of sp³-hybridized carbons (Fsp3) is 0.600. The van der Waals surface area contributed by atoms with Crippen LogP contribution in [-0.4, -0.2) is 42.2 Å². The second kappa shape index (κ2) is 5.49. The van der Waals surface area contributed by atoms with E-state index in [0.717, 1.165) is 23.7 Å². The molecule has 104 valence electrons. The summed E-state index contributed by atoms with van der Waals surface area (Å²) >= 11 is 0. The minimum Gasteiger partial charge on any atom is -0.399 e. The standard InChI is InChI=1S/C15H23N3O/c16-13-3-1-12(2-4-13)15(19)9-17-14-10-18-7-5-11(14)6-8-18/h1-4,11,14-15,17,19H,5-10,16H2/t14-,15-/m0/s1. The lowest BCUT2D eigenvalue weighted by Gasteiger charge is -2.45. The predicted octanol–water partition coefficient (Wildman–Crippen LogP) is 0.986. The molecule has 1 aromatic rings. The smallest absolute Gasteiger partial charge is 0.0914 e. The third-order valence-electron chi connectivity index (χ3n) is 4.55. The first kappa shape index (κ1) is 12.9. The van der Waals surface area contributed by atoms with E-state index in [0.29, 0.717) is 12.6 Å². The molecule has 0 radical (unpaired) electrons. The third-order valence-corrected chi connectivity index (χ3v) is 4.55. The van der Waals surface area contributed by atoms with Gasteiger partial charge in [0.1, 0.15) is 0 Å². The number of hydrogen-bond acceptors (Lipinski definition) is 4. The number of nitrogen functional groups attached to an aromatic ring is 1. The Morgan fingerprint density at radius 1 is 1.26 bits per heavy atom. The second-order valence-electron chi connectivity index (χ2n) is 5.84. The Hall–Kier alpha value is -1.10. The van der Waals surface area contributed by atoms with E-state index >= 15 is 0 Å². The van der Waals surface area contributed by atoms with E-state index in [1.165, 1.54) is 25.9 Å². The molecule has 2 atom stereocenters. The highest BCUT2D eigenvalue weighted by molar-refractivity contribution is 5.39. The van der Waals surface area contributed by atoms with E-state index in [1.807, 2.05) is 24.3 Å². The summed E-state index contributed by atoms with van der Waals surface area (Å²) in [5, 5.41) is 13.7. The van der Waals surface area contributed by atoms with Gasteiger partial charge in [0.05, 0.1) is 6.10 Å². The summed E-state index contributed by atoms with van der Waals surface area (Å²) in [5.74, 6) is 0.795. The van der Waals surface area contributed by atoms with Crippen molar-refractivity contribution in [2.24, 2.45) is 5.92 Å². The lowest BCUT2D eigenvalue weighted by Crippen LogP contribution is -2.56. The molecule has 3 aliphatic rings. The first-order valence-electron chi connectivity index (χ1n) is 7.21. The van der Waals surface area contributed by atoms with Crippen LogP contribution in [0.2, 0.25) is 0 Å². The molecule has 0 aromatic heterocycles. The number of fused-ring (bicyclic) bond motifs is 3. The molecule has 3 fully saturated rings. The molecule has 0 saturated carbocycles. The Bertz CT molecular complexity index is 412. The zero-order valence-electron chi connectivity index (χ0n) is 11.3. The summed E-state index contributed by atoms with van der Waals surface area (Å²) in [7, 11) is 0. The molecule has 0 amide bonds.